The Labute approximate surface area is 140 Å². The van der Waals surface area contributed by atoms with E-state index in [9.17, 15) is 0 Å². The van der Waals surface area contributed by atoms with Gasteiger partial charge < -0.3 is 4.42 Å². The second-order valence-electron chi connectivity index (χ2n) is 5.34. The summed E-state index contributed by atoms with van der Waals surface area (Å²) in [4.78, 5) is 3.87. The highest BCUT2D eigenvalue weighted by Crippen LogP contribution is 2.26. The lowest BCUT2D eigenvalue weighted by Gasteiger charge is -2.25. The molecule has 4 rings (SSSR count). The average molecular weight is 376 g/mol. The lowest BCUT2D eigenvalue weighted by molar-refractivity contribution is 0.223. The highest BCUT2D eigenvalue weighted by molar-refractivity contribution is 9.10. The van der Waals surface area contributed by atoms with E-state index >= 15 is 0 Å². The maximum atomic E-state index is 5.81. The molecule has 3 aromatic rings. The Morgan fingerprint density at radius 1 is 1.18 bits per heavy atom. The van der Waals surface area contributed by atoms with E-state index in [-0.39, 0.29) is 0 Å². The number of thiophene rings is 1. The summed E-state index contributed by atoms with van der Waals surface area (Å²) in [5, 5.41) is 10.5. The summed E-state index contributed by atoms with van der Waals surface area (Å²) >= 11 is 5.28. The summed E-state index contributed by atoms with van der Waals surface area (Å²) in [5.41, 5.74) is 2.38. The number of hydrogen-bond donors (Lipinski definition) is 0. The van der Waals surface area contributed by atoms with Crippen LogP contribution < -0.4 is 0 Å². The molecule has 112 valence electrons. The molecule has 0 aliphatic carbocycles. The van der Waals surface area contributed by atoms with Crippen LogP contribution in [0.25, 0.3) is 11.5 Å². The van der Waals surface area contributed by atoms with Crippen LogP contribution in [0.5, 0.6) is 0 Å². The lowest BCUT2D eigenvalue weighted by atomic mass is 10.1. The quantitative estimate of drug-likeness (QED) is 0.690. The minimum Gasteiger partial charge on any atom is -0.419 e. The van der Waals surface area contributed by atoms with Gasteiger partial charge in [-0.1, -0.05) is 15.9 Å². The van der Waals surface area contributed by atoms with Gasteiger partial charge in [-0.25, -0.2) is 0 Å². The van der Waals surface area contributed by atoms with Gasteiger partial charge in [0.15, 0.2) is 0 Å². The summed E-state index contributed by atoms with van der Waals surface area (Å²) < 4.78 is 6.84. The third kappa shape index (κ3) is 2.86. The van der Waals surface area contributed by atoms with Crippen molar-refractivity contribution in [2.75, 3.05) is 6.54 Å². The number of hydrogen-bond acceptors (Lipinski definition) is 5. The standard InChI is InChI=1S/C16H14BrN3OS/c17-13-3-1-11(2-4-13)16-19-18-15(21-16)10-20-7-5-14-12(9-20)6-8-22-14/h1-4,6,8H,5,7,9-10H2. The number of halogens is 1. The van der Waals surface area contributed by atoms with Crippen molar-refractivity contribution in [3.63, 3.8) is 0 Å². The van der Waals surface area contributed by atoms with Gasteiger partial charge in [0.25, 0.3) is 0 Å². The van der Waals surface area contributed by atoms with Crippen molar-refractivity contribution in [2.45, 2.75) is 19.5 Å². The monoisotopic (exact) mass is 375 g/mol. The van der Waals surface area contributed by atoms with Gasteiger partial charge in [-0.2, -0.15) is 0 Å². The molecule has 0 bridgehead atoms. The van der Waals surface area contributed by atoms with Crippen LogP contribution in [0.4, 0.5) is 0 Å². The Morgan fingerprint density at radius 2 is 2.05 bits per heavy atom. The molecule has 0 amide bonds. The van der Waals surface area contributed by atoms with Gasteiger partial charge >= 0.3 is 0 Å². The molecule has 6 heteroatoms. The van der Waals surface area contributed by atoms with Gasteiger partial charge in [-0.3, -0.25) is 4.90 Å². The molecule has 1 aliphatic rings. The number of nitrogens with zero attached hydrogens (tertiary/aromatic N) is 3. The molecule has 4 nitrogen and oxygen atoms in total. The normalized spacial score (nSPS) is 15.0. The van der Waals surface area contributed by atoms with Crippen molar-refractivity contribution >= 4 is 27.3 Å². The number of rotatable bonds is 3. The molecule has 2 aromatic heterocycles. The molecule has 0 fully saturated rings. The molecular weight excluding hydrogens is 362 g/mol. The predicted molar refractivity (Wildman–Crippen MR) is 89.6 cm³/mol. The van der Waals surface area contributed by atoms with E-state index in [1.54, 1.807) is 0 Å². The van der Waals surface area contributed by atoms with Crippen LogP contribution in [0.3, 0.4) is 0 Å². The average Bonchev–Trinajstić information content (AvgIpc) is 3.17. The van der Waals surface area contributed by atoms with Gasteiger partial charge in [0.05, 0.1) is 6.54 Å². The smallest absolute Gasteiger partial charge is 0.247 e. The van der Waals surface area contributed by atoms with E-state index in [4.69, 9.17) is 4.42 Å². The zero-order valence-electron chi connectivity index (χ0n) is 11.8. The fourth-order valence-corrected chi connectivity index (χ4v) is 3.81. The van der Waals surface area contributed by atoms with Crippen molar-refractivity contribution in [3.05, 3.63) is 56.5 Å². The Bertz CT molecular complexity index is 781. The molecule has 3 heterocycles. The minimum atomic E-state index is 0.579. The van der Waals surface area contributed by atoms with Crippen LogP contribution in [0.15, 0.2) is 44.6 Å². The van der Waals surface area contributed by atoms with Gasteiger partial charge in [0.2, 0.25) is 11.8 Å². The second-order valence-corrected chi connectivity index (χ2v) is 7.25. The molecule has 0 atom stereocenters. The third-order valence-corrected chi connectivity index (χ3v) is 5.36. The zero-order valence-corrected chi connectivity index (χ0v) is 14.2. The Hall–Kier alpha value is -1.50. The van der Waals surface area contributed by atoms with Crippen molar-refractivity contribution in [2.24, 2.45) is 0 Å². The van der Waals surface area contributed by atoms with Crippen LogP contribution in [0.2, 0.25) is 0 Å². The lowest BCUT2D eigenvalue weighted by Crippen LogP contribution is -2.29. The van der Waals surface area contributed by atoms with E-state index in [1.165, 1.54) is 10.4 Å². The number of benzene rings is 1. The molecule has 0 spiro atoms. The van der Waals surface area contributed by atoms with Crippen LogP contribution in [-0.4, -0.2) is 21.6 Å². The molecule has 0 saturated carbocycles. The van der Waals surface area contributed by atoms with E-state index in [0.717, 1.165) is 29.5 Å². The number of fused-ring (bicyclic) bond motifs is 1. The van der Waals surface area contributed by atoms with Crippen LogP contribution in [0.1, 0.15) is 16.3 Å². The fourth-order valence-electron chi connectivity index (χ4n) is 2.66. The van der Waals surface area contributed by atoms with Crippen molar-refractivity contribution in [1.29, 1.82) is 0 Å². The highest BCUT2D eigenvalue weighted by Gasteiger charge is 2.19. The van der Waals surface area contributed by atoms with Gasteiger partial charge in [0, 0.05) is 28.0 Å². The largest absolute Gasteiger partial charge is 0.419 e. The van der Waals surface area contributed by atoms with Crippen molar-refractivity contribution in [1.82, 2.24) is 15.1 Å². The van der Waals surface area contributed by atoms with Gasteiger partial charge in [0.1, 0.15) is 0 Å². The topological polar surface area (TPSA) is 42.2 Å². The van der Waals surface area contributed by atoms with Crippen LogP contribution >= 0.6 is 27.3 Å². The molecule has 0 saturated heterocycles. The Morgan fingerprint density at radius 3 is 2.91 bits per heavy atom. The first kappa shape index (κ1) is 14.1. The predicted octanol–water partition coefficient (Wildman–Crippen LogP) is 4.12. The van der Waals surface area contributed by atoms with E-state index in [1.807, 2.05) is 35.6 Å². The summed E-state index contributed by atoms with van der Waals surface area (Å²) in [6, 6.07) is 10.1. The Kier molecular flexibility index (Phi) is 3.82. The summed E-state index contributed by atoms with van der Waals surface area (Å²) in [5.74, 6) is 1.26. The van der Waals surface area contributed by atoms with E-state index < -0.39 is 0 Å². The first-order valence-electron chi connectivity index (χ1n) is 7.14. The maximum Gasteiger partial charge on any atom is 0.247 e. The maximum absolute atomic E-state index is 5.81. The minimum absolute atomic E-state index is 0.579. The second kappa shape index (κ2) is 5.95. The molecule has 0 unspecified atom stereocenters. The molecule has 0 N–H and O–H groups in total. The highest BCUT2D eigenvalue weighted by atomic mass is 79.9. The molecule has 1 aromatic carbocycles. The van der Waals surface area contributed by atoms with Gasteiger partial charge in [-0.15, -0.1) is 21.5 Å². The third-order valence-electron chi connectivity index (χ3n) is 3.80. The van der Waals surface area contributed by atoms with Crippen LogP contribution in [-0.2, 0) is 19.5 Å². The first-order chi connectivity index (χ1) is 10.8. The summed E-state index contributed by atoms with van der Waals surface area (Å²) in [7, 11) is 0. The fraction of sp³-hybridized carbons (Fsp3) is 0.250. The first-order valence-corrected chi connectivity index (χ1v) is 8.81. The molecule has 22 heavy (non-hydrogen) atoms. The summed E-state index contributed by atoms with van der Waals surface area (Å²) in [6.07, 6.45) is 1.11. The molecule has 0 radical (unpaired) electrons. The van der Waals surface area contributed by atoms with Crippen molar-refractivity contribution in [3.8, 4) is 11.5 Å². The number of aromatic nitrogens is 2. The molecular formula is C16H14BrN3OS. The van der Waals surface area contributed by atoms with Crippen LogP contribution in [0, 0.1) is 0 Å². The van der Waals surface area contributed by atoms with E-state index in [0.29, 0.717) is 18.3 Å². The zero-order chi connectivity index (χ0) is 14.9. The molecule has 1 aliphatic heterocycles. The Balaban J connectivity index is 1.47. The SMILES string of the molecule is Brc1ccc(-c2nnc(CN3CCc4sccc4C3)o2)cc1. The van der Waals surface area contributed by atoms with Crippen molar-refractivity contribution < 1.29 is 4.42 Å². The summed E-state index contributed by atoms with van der Waals surface area (Å²) in [6.45, 7) is 2.72. The van der Waals surface area contributed by atoms with Gasteiger partial charge in [-0.05, 0) is 47.7 Å². The van der Waals surface area contributed by atoms with E-state index in [2.05, 4.69) is 42.5 Å².